The molecule has 0 spiro atoms. The van der Waals surface area contributed by atoms with Gasteiger partial charge in [-0.15, -0.1) is 24.2 Å². The molecule has 6 nitrogen and oxygen atoms in total. The summed E-state index contributed by atoms with van der Waals surface area (Å²) in [5.41, 5.74) is 0.432. The second-order valence-corrected chi connectivity index (χ2v) is 11.1. The van der Waals surface area contributed by atoms with Crippen LogP contribution in [0.3, 0.4) is 0 Å². The van der Waals surface area contributed by atoms with Crippen molar-refractivity contribution in [2.24, 2.45) is 0 Å². The number of hydrogen-bond donors (Lipinski definition) is 0. The van der Waals surface area contributed by atoms with Crippen LogP contribution >= 0.6 is 35.5 Å². The average molecular weight is 514 g/mol. The van der Waals surface area contributed by atoms with Crippen molar-refractivity contribution in [3.05, 3.63) is 48.5 Å². The lowest BCUT2D eigenvalue weighted by Gasteiger charge is -2.24. The Bertz CT molecular complexity index is 1130. The van der Waals surface area contributed by atoms with Crippen molar-refractivity contribution in [2.75, 3.05) is 43.1 Å². The molecule has 2 aromatic carbocycles. The summed E-state index contributed by atoms with van der Waals surface area (Å²) >= 11 is 2.84. The Balaban J connectivity index is 0.00000363. The summed E-state index contributed by atoms with van der Waals surface area (Å²) in [6.07, 6.45) is 1.18. The van der Waals surface area contributed by atoms with Crippen LogP contribution in [0.4, 0.5) is 5.13 Å². The van der Waals surface area contributed by atoms with Gasteiger partial charge in [-0.3, -0.25) is 9.69 Å². The average Bonchev–Trinajstić information content (AvgIpc) is 3.19. The number of thioether (sulfide) groups is 1. The van der Waals surface area contributed by atoms with E-state index in [0.29, 0.717) is 17.2 Å². The highest BCUT2D eigenvalue weighted by molar-refractivity contribution is 8.00. The maximum Gasteiger partial charge on any atom is 0.239 e. The lowest BCUT2D eigenvalue weighted by atomic mass is 10.3. The lowest BCUT2D eigenvalue weighted by Crippen LogP contribution is -2.39. The molecule has 0 saturated carbocycles. The number of thiazole rings is 1. The van der Waals surface area contributed by atoms with Gasteiger partial charge in [-0.2, -0.15) is 0 Å². The van der Waals surface area contributed by atoms with E-state index in [2.05, 4.69) is 23.7 Å². The predicted molar refractivity (Wildman–Crippen MR) is 137 cm³/mol. The topological polar surface area (TPSA) is 70.6 Å². The fourth-order valence-electron chi connectivity index (χ4n) is 3.17. The Labute approximate surface area is 204 Å². The Kier molecular flexibility index (Phi) is 9.97. The number of para-hydroxylation sites is 1. The number of carbonyl (C=O) groups is 1. The van der Waals surface area contributed by atoms with Gasteiger partial charge in [0.15, 0.2) is 15.0 Å². The van der Waals surface area contributed by atoms with Crippen LogP contribution in [-0.2, 0) is 14.6 Å². The molecule has 3 aromatic rings. The number of nitrogens with zero attached hydrogens (tertiary/aromatic N) is 3. The number of sulfone groups is 1. The third-order valence-corrected chi connectivity index (χ3v) is 8.11. The molecule has 0 saturated heterocycles. The molecule has 0 aliphatic heterocycles. The molecule has 1 aromatic heterocycles. The highest BCUT2D eigenvalue weighted by atomic mass is 35.5. The van der Waals surface area contributed by atoms with Crippen LogP contribution in [0.2, 0.25) is 0 Å². The van der Waals surface area contributed by atoms with Gasteiger partial charge in [-0.1, -0.05) is 49.4 Å². The van der Waals surface area contributed by atoms with Gasteiger partial charge in [0.2, 0.25) is 5.91 Å². The molecular formula is C22H28ClN3O3S3. The Morgan fingerprint density at radius 1 is 1.03 bits per heavy atom. The normalized spacial score (nSPS) is 11.5. The van der Waals surface area contributed by atoms with Gasteiger partial charge in [0.1, 0.15) is 5.52 Å². The second-order valence-electron chi connectivity index (χ2n) is 7.05. The summed E-state index contributed by atoms with van der Waals surface area (Å²) in [5.74, 6) is 0.248. The molecule has 0 aliphatic rings. The summed E-state index contributed by atoms with van der Waals surface area (Å²) in [4.78, 5) is 23.0. The van der Waals surface area contributed by atoms with E-state index < -0.39 is 9.84 Å². The molecule has 32 heavy (non-hydrogen) atoms. The third kappa shape index (κ3) is 6.68. The summed E-state index contributed by atoms with van der Waals surface area (Å²) in [6.45, 7) is 7.21. The minimum Gasteiger partial charge on any atom is -0.302 e. The van der Waals surface area contributed by atoms with Crippen molar-refractivity contribution in [1.82, 2.24) is 9.88 Å². The van der Waals surface area contributed by atoms with E-state index in [0.717, 1.165) is 29.2 Å². The Hall–Kier alpha value is -1.65. The van der Waals surface area contributed by atoms with Crippen molar-refractivity contribution >= 4 is 66.6 Å². The lowest BCUT2D eigenvalue weighted by molar-refractivity contribution is -0.116. The molecule has 0 fully saturated rings. The van der Waals surface area contributed by atoms with E-state index in [4.69, 9.17) is 0 Å². The smallest absolute Gasteiger partial charge is 0.239 e. The third-order valence-electron chi connectivity index (χ3n) is 4.94. The molecule has 174 valence electrons. The van der Waals surface area contributed by atoms with Gasteiger partial charge in [0.25, 0.3) is 0 Å². The number of carbonyl (C=O) groups excluding carboxylic acids is 1. The maximum absolute atomic E-state index is 13.2. The number of rotatable bonds is 10. The molecule has 0 bridgehead atoms. The van der Waals surface area contributed by atoms with Crippen LogP contribution in [0, 0.1) is 0 Å². The first kappa shape index (κ1) is 26.6. The second kappa shape index (κ2) is 12.0. The van der Waals surface area contributed by atoms with Gasteiger partial charge in [0.05, 0.1) is 15.3 Å². The Morgan fingerprint density at radius 2 is 1.72 bits per heavy atom. The molecule has 0 aliphatic carbocycles. The molecule has 0 atom stereocenters. The SMILES string of the molecule is CCN(CC)CCN(C(=O)CSc1ccccc1)c1nc2c(S(C)(=O)=O)cccc2s1.Cl. The van der Waals surface area contributed by atoms with Gasteiger partial charge in [-0.05, 0) is 37.4 Å². The highest BCUT2D eigenvalue weighted by Crippen LogP contribution is 2.33. The molecule has 1 amide bonds. The molecule has 0 N–H and O–H groups in total. The summed E-state index contributed by atoms with van der Waals surface area (Å²) in [7, 11) is -3.41. The number of amides is 1. The van der Waals surface area contributed by atoms with Crippen LogP contribution < -0.4 is 4.90 Å². The number of halogens is 1. The molecule has 10 heteroatoms. The zero-order valence-electron chi connectivity index (χ0n) is 18.4. The van der Waals surface area contributed by atoms with Crippen LogP contribution in [0.1, 0.15) is 13.8 Å². The Morgan fingerprint density at radius 3 is 2.34 bits per heavy atom. The summed E-state index contributed by atoms with van der Waals surface area (Å²) in [5, 5.41) is 0.539. The fourth-order valence-corrected chi connectivity index (χ4v) is 5.90. The standard InChI is InChI=1S/C22H27N3O3S3.ClH/c1-4-24(5-2)14-15-25(20(26)16-29-17-10-7-6-8-11-17)22-23-21-18(30-22)12-9-13-19(21)31(3,27)28;/h6-13H,4-5,14-16H2,1-3H3;1H. The number of likely N-dealkylation sites (N-methyl/N-ethyl adjacent to an activating group) is 1. The molecule has 0 radical (unpaired) electrons. The monoisotopic (exact) mass is 513 g/mol. The first-order valence-electron chi connectivity index (χ1n) is 10.1. The number of benzene rings is 2. The molecule has 1 heterocycles. The van der Waals surface area contributed by atoms with Crippen molar-refractivity contribution in [1.29, 1.82) is 0 Å². The van der Waals surface area contributed by atoms with Crippen molar-refractivity contribution in [3.8, 4) is 0 Å². The number of hydrogen-bond acceptors (Lipinski definition) is 7. The minimum absolute atomic E-state index is 0. The van der Waals surface area contributed by atoms with Crippen molar-refractivity contribution < 1.29 is 13.2 Å². The van der Waals surface area contributed by atoms with Crippen LogP contribution in [-0.4, -0.2) is 62.4 Å². The maximum atomic E-state index is 13.2. The van der Waals surface area contributed by atoms with Crippen LogP contribution in [0.5, 0.6) is 0 Å². The first-order valence-corrected chi connectivity index (χ1v) is 13.8. The zero-order chi connectivity index (χ0) is 22.4. The number of aromatic nitrogens is 1. The van der Waals surface area contributed by atoms with Crippen molar-refractivity contribution in [2.45, 2.75) is 23.6 Å². The molecule has 0 unspecified atom stereocenters. The van der Waals surface area contributed by atoms with Crippen LogP contribution in [0.25, 0.3) is 10.2 Å². The van der Waals surface area contributed by atoms with Gasteiger partial charge >= 0.3 is 0 Å². The zero-order valence-corrected chi connectivity index (χ0v) is 21.6. The fraction of sp³-hybridized carbons (Fsp3) is 0.364. The molecular weight excluding hydrogens is 486 g/mol. The molecule has 3 rings (SSSR count). The number of anilines is 1. The van der Waals surface area contributed by atoms with Crippen LogP contribution in [0.15, 0.2) is 58.3 Å². The van der Waals surface area contributed by atoms with E-state index in [1.54, 1.807) is 17.0 Å². The van der Waals surface area contributed by atoms with Gasteiger partial charge in [-0.25, -0.2) is 13.4 Å². The summed E-state index contributed by atoms with van der Waals surface area (Å²) < 4.78 is 25.1. The first-order chi connectivity index (χ1) is 14.8. The highest BCUT2D eigenvalue weighted by Gasteiger charge is 2.23. The quantitative estimate of drug-likeness (QED) is 0.369. The van der Waals surface area contributed by atoms with E-state index in [9.17, 15) is 13.2 Å². The van der Waals surface area contributed by atoms with E-state index >= 15 is 0 Å². The van der Waals surface area contributed by atoms with Crippen molar-refractivity contribution in [3.63, 3.8) is 0 Å². The largest absolute Gasteiger partial charge is 0.302 e. The van der Waals surface area contributed by atoms with E-state index in [-0.39, 0.29) is 29.0 Å². The van der Waals surface area contributed by atoms with Gasteiger partial charge < -0.3 is 4.90 Å². The van der Waals surface area contributed by atoms with E-state index in [1.165, 1.54) is 29.4 Å². The van der Waals surface area contributed by atoms with E-state index in [1.807, 2.05) is 36.4 Å². The minimum atomic E-state index is -3.41. The summed E-state index contributed by atoms with van der Waals surface area (Å²) in [6, 6.07) is 14.9. The number of fused-ring (bicyclic) bond motifs is 1. The van der Waals surface area contributed by atoms with Gasteiger partial charge in [0, 0.05) is 24.2 Å². The predicted octanol–water partition coefficient (Wildman–Crippen LogP) is 4.59.